The van der Waals surface area contributed by atoms with E-state index in [1.54, 1.807) is 0 Å². The topological polar surface area (TPSA) is 0 Å². The molecule has 0 aromatic rings. The molecule has 0 aromatic heterocycles. The summed E-state index contributed by atoms with van der Waals surface area (Å²) in [7, 11) is 0. The maximum atomic E-state index is 4.02. The third-order valence-electron chi connectivity index (χ3n) is 2.28. The Morgan fingerprint density at radius 2 is 1.83 bits per heavy atom. The van der Waals surface area contributed by atoms with Gasteiger partial charge in [0, 0.05) is 0 Å². The van der Waals surface area contributed by atoms with E-state index < -0.39 is 0 Å². The lowest BCUT2D eigenvalue weighted by atomic mass is 9.81. The molecule has 0 nitrogen and oxygen atoms in total. The molecule has 1 atom stereocenters. The molecule has 0 N–H and O–H groups in total. The average molecular weight is 169 g/mol. The summed E-state index contributed by atoms with van der Waals surface area (Å²) in [4.78, 5) is 0. The van der Waals surface area contributed by atoms with Crippen LogP contribution in [0.4, 0.5) is 0 Å². The Hall–Kier alpha value is 0. The minimum absolute atomic E-state index is 0.482. The molecule has 73 valence electrons. The van der Waals surface area contributed by atoms with Gasteiger partial charge in [-0.3, -0.25) is 0 Å². The van der Waals surface area contributed by atoms with Crippen molar-refractivity contribution in [3.63, 3.8) is 0 Å². The second-order valence-corrected chi connectivity index (χ2v) is 5.06. The van der Waals surface area contributed by atoms with Gasteiger partial charge in [0.15, 0.2) is 0 Å². The Morgan fingerprint density at radius 3 is 2.17 bits per heavy atom. The molecule has 0 rings (SSSR count). The van der Waals surface area contributed by atoms with Gasteiger partial charge in [-0.2, -0.15) is 0 Å². The van der Waals surface area contributed by atoms with E-state index in [1.807, 2.05) is 0 Å². The van der Waals surface area contributed by atoms with Gasteiger partial charge in [0.25, 0.3) is 0 Å². The molecule has 1 radical (unpaired) electrons. The van der Waals surface area contributed by atoms with Crippen LogP contribution in [0, 0.1) is 18.3 Å². The molecular weight excluding hydrogens is 144 g/mol. The first-order chi connectivity index (χ1) is 5.49. The van der Waals surface area contributed by atoms with Crippen LogP contribution in [0.25, 0.3) is 0 Å². The van der Waals surface area contributed by atoms with E-state index in [0.717, 1.165) is 12.3 Å². The van der Waals surface area contributed by atoms with Crippen LogP contribution in [0.1, 0.15) is 59.8 Å². The molecule has 0 aliphatic rings. The highest BCUT2D eigenvalue weighted by atomic mass is 14.2. The van der Waals surface area contributed by atoms with Crippen molar-refractivity contribution in [1.29, 1.82) is 0 Å². The summed E-state index contributed by atoms with van der Waals surface area (Å²) in [5.74, 6) is 0.852. The fourth-order valence-corrected chi connectivity index (χ4v) is 1.71. The molecule has 0 aromatic carbocycles. The summed E-state index contributed by atoms with van der Waals surface area (Å²) in [6.07, 6.45) is 6.50. The monoisotopic (exact) mass is 169 g/mol. The van der Waals surface area contributed by atoms with E-state index in [2.05, 4.69) is 34.6 Å². The zero-order chi connectivity index (χ0) is 9.61. The molecule has 0 aliphatic carbocycles. The number of unbranched alkanes of at least 4 members (excludes halogenated alkanes) is 1. The average Bonchev–Trinajstić information content (AvgIpc) is 1.95. The van der Waals surface area contributed by atoms with Crippen molar-refractivity contribution in [2.45, 2.75) is 59.8 Å². The van der Waals surface area contributed by atoms with Crippen LogP contribution in [-0.2, 0) is 0 Å². The van der Waals surface area contributed by atoms with Crippen LogP contribution in [0.15, 0.2) is 0 Å². The van der Waals surface area contributed by atoms with E-state index in [4.69, 9.17) is 0 Å². The molecule has 0 heterocycles. The van der Waals surface area contributed by atoms with E-state index in [9.17, 15) is 0 Å². The van der Waals surface area contributed by atoms with Crippen LogP contribution in [0.3, 0.4) is 0 Å². The fraction of sp³-hybridized carbons (Fsp3) is 0.917. The summed E-state index contributed by atoms with van der Waals surface area (Å²) in [6.45, 7) is 13.2. The molecule has 0 amide bonds. The van der Waals surface area contributed by atoms with Crippen molar-refractivity contribution in [1.82, 2.24) is 0 Å². The van der Waals surface area contributed by atoms with Crippen LogP contribution in [0.2, 0.25) is 0 Å². The van der Waals surface area contributed by atoms with Crippen molar-refractivity contribution in [3.05, 3.63) is 6.92 Å². The lowest BCUT2D eigenvalue weighted by Gasteiger charge is -2.24. The minimum atomic E-state index is 0.482. The molecule has 0 heteroatoms. The van der Waals surface area contributed by atoms with Gasteiger partial charge in [0.1, 0.15) is 0 Å². The largest absolute Gasteiger partial charge is 0.0654 e. The van der Waals surface area contributed by atoms with Crippen LogP contribution >= 0.6 is 0 Å². The van der Waals surface area contributed by atoms with Gasteiger partial charge in [-0.1, -0.05) is 60.3 Å². The predicted octanol–water partition coefficient (Wildman–Crippen LogP) is 4.45. The molecule has 0 saturated heterocycles. The Bertz CT molecular complexity index is 97.1. The van der Waals surface area contributed by atoms with E-state index in [1.165, 1.54) is 25.7 Å². The number of rotatable bonds is 5. The summed E-state index contributed by atoms with van der Waals surface area (Å²) >= 11 is 0. The first-order valence-electron chi connectivity index (χ1n) is 5.29. The van der Waals surface area contributed by atoms with E-state index >= 15 is 0 Å². The van der Waals surface area contributed by atoms with Gasteiger partial charge >= 0.3 is 0 Å². The Kier molecular flexibility index (Phi) is 5.61. The third kappa shape index (κ3) is 6.69. The third-order valence-corrected chi connectivity index (χ3v) is 2.28. The van der Waals surface area contributed by atoms with Gasteiger partial charge in [0.05, 0.1) is 0 Å². The smallest absolute Gasteiger partial charge is 0.0380 e. The molecule has 0 bridgehead atoms. The lowest BCUT2D eigenvalue weighted by molar-refractivity contribution is 0.278. The van der Waals surface area contributed by atoms with Gasteiger partial charge in [-0.05, 0) is 17.8 Å². The molecule has 0 fully saturated rings. The predicted molar refractivity (Wildman–Crippen MR) is 57.1 cm³/mol. The lowest BCUT2D eigenvalue weighted by Crippen LogP contribution is -2.12. The zero-order valence-corrected chi connectivity index (χ0v) is 9.32. The van der Waals surface area contributed by atoms with Crippen LogP contribution in [0.5, 0.6) is 0 Å². The second-order valence-electron chi connectivity index (χ2n) is 5.06. The first kappa shape index (κ1) is 12.0. The molecule has 0 aliphatic heterocycles. The van der Waals surface area contributed by atoms with E-state index in [0.29, 0.717) is 5.41 Å². The summed E-state index contributed by atoms with van der Waals surface area (Å²) in [5, 5.41) is 0. The van der Waals surface area contributed by atoms with Crippen molar-refractivity contribution >= 4 is 0 Å². The van der Waals surface area contributed by atoms with Gasteiger partial charge in [-0.25, -0.2) is 0 Å². The quantitative estimate of drug-likeness (QED) is 0.570. The van der Waals surface area contributed by atoms with Gasteiger partial charge in [0.2, 0.25) is 0 Å². The molecule has 0 saturated carbocycles. The van der Waals surface area contributed by atoms with Crippen molar-refractivity contribution in [2.24, 2.45) is 11.3 Å². The van der Waals surface area contributed by atoms with Crippen LogP contribution < -0.4 is 0 Å². The highest BCUT2D eigenvalue weighted by Crippen LogP contribution is 2.29. The van der Waals surface area contributed by atoms with Crippen molar-refractivity contribution < 1.29 is 0 Å². The normalized spacial score (nSPS) is 14.8. The maximum Gasteiger partial charge on any atom is -0.0380 e. The zero-order valence-electron chi connectivity index (χ0n) is 9.32. The Balaban J connectivity index is 3.67. The van der Waals surface area contributed by atoms with E-state index in [-0.39, 0.29) is 0 Å². The Labute approximate surface area is 78.8 Å². The standard InChI is InChI=1S/C12H25/c1-6-8-9-11(7-2)10-12(3,4)5/h11H,2,6-10H2,1,3-5H3. The highest BCUT2D eigenvalue weighted by molar-refractivity contribution is 4.70. The number of hydrogen-bond acceptors (Lipinski definition) is 0. The molecule has 12 heavy (non-hydrogen) atoms. The Morgan fingerprint density at radius 1 is 1.25 bits per heavy atom. The minimum Gasteiger partial charge on any atom is -0.0654 e. The summed E-state index contributed by atoms with van der Waals surface area (Å²) in [6, 6.07) is 0. The summed E-state index contributed by atoms with van der Waals surface area (Å²) in [5.41, 5.74) is 0.482. The second kappa shape index (κ2) is 5.61. The first-order valence-corrected chi connectivity index (χ1v) is 5.29. The molecular formula is C12H25. The number of hydrogen-bond donors (Lipinski definition) is 0. The van der Waals surface area contributed by atoms with Gasteiger partial charge < -0.3 is 0 Å². The van der Waals surface area contributed by atoms with Crippen molar-refractivity contribution in [3.8, 4) is 0 Å². The summed E-state index contributed by atoms with van der Waals surface area (Å²) < 4.78 is 0. The molecule has 0 spiro atoms. The SMILES string of the molecule is [CH2]CC(CCCC)CC(C)(C)C. The molecule has 1 unspecified atom stereocenters. The van der Waals surface area contributed by atoms with Crippen molar-refractivity contribution in [2.75, 3.05) is 0 Å². The fourth-order valence-electron chi connectivity index (χ4n) is 1.71. The highest BCUT2D eigenvalue weighted by Gasteiger charge is 2.16. The van der Waals surface area contributed by atoms with Crippen LogP contribution in [-0.4, -0.2) is 0 Å². The van der Waals surface area contributed by atoms with Gasteiger partial charge in [-0.15, -0.1) is 0 Å². The maximum absolute atomic E-state index is 4.02.